The van der Waals surface area contributed by atoms with Crippen LogP contribution in [0.25, 0.3) is 0 Å². The van der Waals surface area contributed by atoms with Crippen molar-refractivity contribution >= 4 is 0 Å². The van der Waals surface area contributed by atoms with Gasteiger partial charge in [-0.25, -0.2) is 0 Å². The molecule has 3 heteroatoms. The van der Waals surface area contributed by atoms with E-state index in [1.807, 2.05) is 0 Å². The number of nitrogens with zero attached hydrogens (tertiary/aromatic N) is 2. The van der Waals surface area contributed by atoms with E-state index < -0.39 is 0 Å². The third-order valence-corrected chi connectivity index (χ3v) is 5.46. The molecule has 1 aliphatic carbocycles. The Morgan fingerprint density at radius 2 is 1.89 bits per heavy atom. The van der Waals surface area contributed by atoms with E-state index in [-0.39, 0.29) is 5.54 Å². The quantitative estimate of drug-likeness (QED) is 0.832. The van der Waals surface area contributed by atoms with Crippen molar-refractivity contribution in [3.63, 3.8) is 0 Å². The topological polar surface area (TPSA) is 32.5 Å². The molecule has 1 atom stereocenters. The minimum absolute atomic E-state index is 0.277. The number of hydrogen-bond acceptors (Lipinski definition) is 3. The van der Waals surface area contributed by atoms with E-state index in [4.69, 9.17) is 5.73 Å². The fraction of sp³-hybridized carbons (Fsp3) is 1.00. The summed E-state index contributed by atoms with van der Waals surface area (Å²) in [5.74, 6) is 0. The van der Waals surface area contributed by atoms with Gasteiger partial charge in [0.05, 0.1) is 0 Å². The molecule has 0 bridgehead atoms. The van der Waals surface area contributed by atoms with E-state index in [9.17, 15) is 0 Å². The molecule has 2 N–H and O–H groups in total. The molecule has 1 heterocycles. The highest BCUT2D eigenvalue weighted by atomic mass is 15.2. The molecule has 1 aliphatic heterocycles. The number of rotatable bonds is 4. The Labute approximate surface area is 113 Å². The molecule has 1 saturated carbocycles. The van der Waals surface area contributed by atoms with Crippen LogP contribution >= 0.6 is 0 Å². The van der Waals surface area contributed by atoms with E-state index in [2.05, 4.69) is 23.8 Å². The van der Waals surface area contributed by atoms with Gasteiger partial charge in [-0.15, -0.1) is 0 Å². The molecule has 18 heavy (non-hydrogen) atoms. The predicted octanol–water partition coefficient (Wildman–Crippen LogP) is 2.06. The molecule has 0 radical (unpaired) electrons. The second kappa shape index (κ2) is 6.36. The molecule has 0 aromatic rings. The summed E-state index contributed by atoms with van der Waals surface area (Å²) in [6.45, 7) is 6.78. The first-order chi connectivity index (χ1) is 8.72. The Balaban J connectivity index is 2.03. The summed E-state index contributed by atoms with van der Waals surface area (Å²) in [6, 6.07) is 0.793. The van der Waals surface area contributed by atoms with Crippen molar-refractivity contribution in [3.8, 4) is 0 Å². The van der Waals surface area contributed by atoms with Crippen molar-refractivity contribution < 1.29 is 0 Å². The lowest BCUT2D eigenvalue weighted by atomic mass is 9.87. The maximum Gasteiger partial charge on any atom is 0.0344 e. The van der Waals surface area contributed by atoms with Crippen LogP contribution in [0.3, 0.4) is 0 Å². The van der Waals surface area contributed by atoms with E-state index in [1.165, 1.54) is 64.6 Å². The van der Waals surface area contributed by atoms with Crippen LogP contribution in [0.1, 0.15) is 51.9 Å². The van der Waals surface area contributed by atoms with Gasteiger partial charge in [0, 0.05) is 18.1 Å². The first-order valence-electron chi connectivity index (χ1n) is 7.87. The first-order valence-corrected chi connectivity index (χ1v) is 7.87. The highest BCUT2D eigenvalue weighted by Crippen LogP contribution is 2.33. The van der Waals surface area contributed by atoms with Gasteiger partial charge in [0.25, 0.3) is 0 Å². The van der Waals surface area contributed by atoms with Crippen molar-refractivity contribution in [1.29, 1.82) is 0 Å². The summed E-state index contributed by atoms with van der Waals surface area (Å²) in [6.07, 6.45) is 9.44. The van der Waals surface area contributed by atoms with Gasteiger partial charge in [-0.3, -0.25) is 4.90 Å². The first kappa shape index (κ1) is 14.3. The highest BCUT2D eigenvalue weighted by molar-refractivity contribution is 4.96. The van der Waals surface area contributed by atoms with Gasteiger partial charge < -0.3 is 10.6 Å². The van der Waals surface area contributed by atoms with Crippen LogP contribution in [0.5, 0.6) is 0 Å². The fourth-order valence-corrected chi connectivity index (χ4v) is 3.93. The van der Waals surface area contributed by atoms with Gasteiger partial charge in [0.2, 0.25) is 0 Å². The van der Waals surface area contributed by atoms with Crippen molar-refractivity contribution in [3.05, 3.63) is 0 Å². The molecule has 106 valence electrons. The Morgan fingerprint density at radius 1 is 1.17 bits per heavy atom. The van der Waals surface area contributed by atoms with Crippen molar-refractivity contribution in [2.45, 2.75) is 63.5 Å². The summed E-state index contributed by atoms with van der Waals surface area (Å²) in [4.78, 5) is 5.25. The summed E-state index contributed by atoms with van der Waals surface area (Å²) >= 11 is 0. The van der Waals surface area contributed by atoms with Crippen molar-refractivity contribution in [2.75, 3.05) is 33.2 Å². The molecule has 1 unspecified atom stereocenters. The van der Waals surface area contributed by atoms with E-state index in [0.717, 1.165) is 12.6 Å². The summed E-state index contributed by atoms with van der Waals surface area (Å²) in [5, 5.41) is 0. The monoisotopic (exact) mass is 253 g/mol. The second-order valence-electron chi connectivity index (χ2n) is 6.27. The second-order valence-corrected chi connectivity index (χ2v) is 6.27. The largest absolute Gasteiger partial charge is 0.329 e. The Bertz CT molecular complexity index is 250. The Hall–Kier alpha value is -0.120. The number of hydrogen-bond donors (Lipinski definition) is 1. The number of likely N-dealkylation sites (N-methyl/N-ethyl adjacent to an activating group) is 1. The molecule has 3 nitrogen and oxygen atoms in total. The van der Waals surface area contributed by atoms with Gasteiger partial charge in [-0.1, -0.05) is 19.8 Å². The molecule has 1 saturated heterocycles. The molecule has 2 rings (SSSR count). The average molecular weight is 253 g/mol. The van der Waals surface area contributed by atoms with Gasteiger partial charge in [0.15, 0.2) is 0 Å². The van der Waals surface area contributed by atoms with Crippen LogP contribution in [0, 0.1) is 0 Å². The fourth-order valence-electron chi connectivity index (χ4n) is 3.93. The molecule has 0 aromatic carbocycles. The maximum absolute atomic E-state index is 6.20. The van der Waals surface area contributed by atoms with E-state index in [1.54, 1.807) is 0 Å². The van der Waals surface area contributed by atoms with Crippen molar-refractivity contribution in [1.82, 2.24) is 9.80 Å². The molecule has 0 spiro atoms. The zero-order valence-corrected chi connectivity index (χ0v) is 12.3. The maximum atomic E-state index is 6.20. The number of likely N-dealkylation sites (tertiary alicyclic amines) is 1. The third kappa shape index (κ3) is 2.89. The molecule has 2 aliphatic rings. The average Bonchev–Trinajstić information content (AvgIpc) is 2.84. The van der Waals surface area contributed by atoms with Crippen LogP contribution in [-0.2, 0) is 0 Å². The summed E-state index contributed by atoms with van der Waals surface area (Å²) in [7, 11) is 2.34. The minimum Gasteiger partial charge on any atom is -0.329 e. The van der Waals surface area contributed by atoms with Crippen LogP contribution in [0.2, 0.25) is 0 Å². The van der Waals surface area contributed by atoms with E-state index >= 15 is 0 Å². The van der Waals surface area contributed by atoms with Crippen LogP contribution in [-0.4, -0.2) is 54.6 Å². The van der Waals surface area contributed by atoms with Gasteiger partial charge in [-0.05, 0) is 58.8 Å². The van der Waals surface area contributed by atoms with Crippen LogP contribution < -0.4 is 5.73 Å². The predicted molar refractivity (Wildman–Crippen MR) is 77.8 cm³/mol. The molecule has 0 aromatic heterocycles. The van der Waals surface area contributed by atoms with Crippen molar-refractivity contribution in [2.24, 2.45) is 5.73 Å². The SMILES string of the molecule is CCN1CCCC(CN)(N(C)C2CCCC2)CC1. The zero-order chi connectivity index (χ0) is 13.0. The summed E-state index contributed by atoms with van der Waals surface area (Å²) < 4.78 is 0. The zero-order valence-electron chi connectivity index (χ0n) is 12.3. The van der Waals surface area contributed by atoms with Gasteiger partial charge in [0.1, 0.15) is 0 Å². The Morgan fingerprint density at radius 3 is 2.50 bits per heavy atom. The van der Waals surface area contributed by atoms with Gasteiger partial charge in [-0.2, -0.15) is 0 Å². The summed E-state index contributed by atoms with van der Waals surface area (Å²) in [5.41, 5.74) is 6.48. The lowest BCUT2D eigenvalue weighted by molar-refractivity contribution is 0.0648. The minimum atomic E-state index is 0.277. The smallest absolute Gasteiger partial charge is 0.0344 e. The molecule has 2 fully saturated rings. The molecular formula is C15H31N3. The van der Waals surface area contributed by atoms with Crippen LogP contribution in [0.4, 0.5) is 0 Å². The number of nitrogens with two attached hydrogens (primary N) is 1. The highest BCUT2D eigenvalue weighted by Gasteiger charge is 2.38. The lowest BCUT2D eigenvalue weighted by Gasteiger charge is -2.44. The third-order valence-electron chi connectivity index (χ3n) is 5.46. The normalized spacial score (nSPS) is 32.0. The Kier molecular flexibility index (Phi) is 5.05. The molecule has 0 amide bonds. The van der Waals surface area contributed by atoms with Gasteiger partial charge >= 0.3 is 0 Å². The van der Waals surface area contributed by atoms with E-state index in [0.29, 0.717) is 0 Å². The lowest BCUT2D eigenvalue weighted by Crippen LogP contribution is -2.55. The van der Waals surface area contributed by atoms with Crippen LogP contribution in [0.15, 0.2) is 0 Å². The standard InChI is InChI=1S/C15H31N3/c1-3-18-11-6-9-15(13-16,10-12-18)17(2)14-7-4-5-8-14/h14H,3-13,16H2,1-2H3. The molecular weight excluding hydrogens is 222 g/mol.